The largest absolute Gasteiger partial charge is 0.488 e. The zero-order valence-electron chi connectivity index (χ0n) is 11.2. The van der Waals surface area contributed by atoms with Gasteiger partial charge in [-0.15, -0.1) is 11.3 Å². The lowest BCUT2D eigenvalue weighted by atomic mass is 10.0. The third-order valence-corrected chi connectivity index (χ3v) is 4.41. The Morgan fingerprint density at radius 2 is 2.32 bits per heavy atom. The number of fused-ring (bicyclic) bond motifs is 1. The van der Waals surface area contributed by atoms with Crippen molar-refractivity contribution < 1.29 is 4.74 Å². The molecule has 0 radical (unpaired) electrons. The van der Waals surface area contributed by atoms with Gasteiger partial charge in [-0.1, -0.05) is 18.2 Å². The molecule has 1 N–H and O–H groups in total. The van der Waals surface area contributed by atoms with Crippen LogP contribution in [-0.4, -0.2) is 24.2 Å². The lowest BCUT2D eigenvalue weighted by Crippen LogP contribution is -2.42. The molecule has 2 aromatic rings. The Bertz CT molecular complexity index is 542. The van der Waals surface area contributed by atoms with Gasteiger partial charge >= 0.3 is 0 Å². The van der Waals surface area contributed by atoms with Crippen molar-refractivity contribution in [1.82, 2.24) is 10.3 Å². The molecule has 2 unspecified atom stereocenters. The molecule has 1 aromatic carbocycles. The fourth-order valence-electron chi connectivity index (χ4n) is 2.58. The molecule has 0 amide bonds. The number of ether oxygens (including phenoxy) is 1. The van der Waals surface area contributed by atoms with E-state index in [9.17, 15) is 0 Å². The van der Waals surface area contributed by atoms with E-state index in [0.717, 1.165) is 29.3 Å². The summed E-state index contributed by atoms with van der Waals surface area (Å²) in [6.45, 7) is 2.05. The van der Waals surface area contributed by atoms with Gasteiger partial charge in [0.25, 0.3) is 0 Å². The maximum absolute atomic E-state index is 6.05. The molecule has 0 fully saturated rings. The topological polar surface area (TPSA) is 34.2 Å². The molecule has 1 aromatic heterocycles. The van der Waals surface area contributed by atoms with Gasteiger partial charge in [0.2, 0.25) is 0 Å². The van der Waals surface area contributed by atoms with Crippen LogP contribution in [0.25, 0.3) is 0 Å². The maximum Gasteiger partial charge on any atom is 0.123 e. The number of hydrogen-bond acceptors (Lipinski definition) is 4. The molecule has 100 valence electrons. The van der Waals surface area contributed by atoms with E-state index in [1.807, 2.05) is 20.0 Å². The average Bonchev–Trinajstić information content (AvgIpc) is 3.01. The fraction of sp³-hybridized carbons (Fsp3) is 0.400. The number of likely N-dealkylation sites (N-methyl/N-ethyl adjacent to an activating group) is 1. The van der Waals surface area contributed by atoms with E-state index in [2.05, 4.69) is 33.9 Å². The Morgan fingerprint density at radius 1 is 1.47 bits per heavy atom. The van der Waals surface area contributed by atoms with Crippen molar-refractivity contribution >= 4 is 11.3 Å². The van der Waals surface area contributed by atoms with Crippen LogP contribution >= 0.6 is 11.3 Å². The smallest absolute Gasteiger partial charge is 0.123 e. The summed E-state index contributed by atoms with van der Waals surface area (Å²) in [5.74, 6) is 1.03. The number of benzene rings is 1. The number of nitrogens with one attached hydrogen (secondary N) is 1. The van der Waals surface area contributed by atoms with Crippen molar-refractivity contribution in [3.8, 4) is 5.75 Å². The molecular weight excluding hydrogens is 256 g/mol. The van der Waals surface area contributed by atoms with Crippen LogP contribution in [-0.2, 0) is 12.8 Å². The summed E-state index contributed by atoms with van der Waals surface area (Å²) in [6.07, 6.45) is 2.09. The minimum absolute atomic E-state index is 0.199. The second-order valence-corrected chi connectivity index (χ2v) is 5.99. The van der Waals surface area contributed by atoms with E-state index in [4.69, 9.17) is 4.74 Å². The second-order valence-electron chi connectivity index (χ2n) is 4.93. The zero-order valence-corrected chi connectivity index (χ0v) is 12.0. The molecule has 0 saturated carbocycles. The number of aromatic nitrogens is 1. The van der Waals surface area contributed by atoms with Gasteiger partial charge in [0, 0.05) is 24.3 Å². The zero-order chi connectivity index (χ0) is 13.2. The molecule has 2 atom stereocenters. The SMILES string of the molecule is CNC(Cc1csc(C)n1)C1Cc2ccccc2O1. The Morgan fingerprint density at radius 3 is 3.00 bits per heavy atom. The third kappa shape index (κ3) is 2.65. The first-order valence-corrected chi connectivity index (χ1v) is 7.47. The molecule has 19 heavy (non-hydrogen) atoms. The summed E-state index contributed by atoms with van der Waals surface area (Å²) in [7, 11) is 2.00. The number of thiazole rings is 1. The summed E-state index contributed by atoms with van der Waals surface area (Å²) in [5.41, 5.74) is 2.46. The summed E-state index contributed by atoms with van der Waals surface area (Å²) in [6, 6.07) is 8.60. The van der Waals surface area contributed by atoms with Gasteiger partial charge in [0.15, 0.2) is 0 Å². The van der Waals surface area contributed by atoms with Crippen molar-refractivity contribution in [1.29, 1.82) is 0 Å². The average molecular weight is 274 g/mol. The van der Waals surface area contributed by atoms with Gasteiger partial charge in [-0.05, 0) is 25.6 Å². The molecular formula is C15H18N2OS. The Labute approximate surface area is 117 Å². The summed E-state index contributed by atoms with van der Waals surface area (Å²) in [4.78, 5) is 4.54. The van der Waals surface area contributed by atoms with E-state index < -0.39 is 0 Å². The van der Waals surface area contributed by atoms with E-state index in [1.54, 1.807) is 11.3 Å². The lowest BCUT2D eigenvalue weighted by Gasteiger charge is -2.22. The lowest BCUT2D eigenvalue weighted by molar-refractivity contribution is 0.181. The first-order valence-electron chi connectivity index (χ1n) is 6.59. The second kappa shape index (κ2) is 5.31. The number of hydrogen-bond donors (Lipinski definition) is 1. The summed E-state index contributed by atoms with van der Waals surface area (Å²) < 4.78 is 6.05. The van der Waals surface area contributed by atoms with Crippen LogP contribution in [0, 0.1) is 6.92 Å². The molecule has 0 aliphatic carbocycles. The molecule has 2 heterocycles. The molecule has 0 spiro atoms. The molecule has 0 saturated heterocycles. The van der Waals surface area contributed by atoms with Crippen LogP contribution in [0.15, 0.2) is 29.6 Å². The maximum atomic E-state index is 6.05. The Hall–Kier alpha value is -1.39. The minimum atomic E-state index is 0.199. The number of nitrogens with zero attached hydrogens (tertiary/aromatic N) is 1. The highest BCUT2D eigenvalue weighted by Crippen LogP contribution is 2.30. The predicted molar refractivity (Wildman–Crippen MR) is 78.0 cm³/mol. The van der Waals surface area contributed by atoms with E-state index in [1.165, 1.54) is 5.56 Å². The molecule has 0 bridgehead atoms. The number of aryl methyl sites for hydroxylation is 1. The van der Waals surface area contributed by atoms with Crippen molar-refractivity contribution in [2.45, 2.75) is 31.9 Å². The highest BCUT2D eigenvalue weighted by molar-refractivity contribution is 7.09. The van der Waals surface area contributed by atoms with Crippen molar-refractivity contribution in [3.05, 3.63) is 45.9 Å². The standard InChI is InChI=1S/C15H18N2OS/c1-10-17-12(9-19-10)8-13(16-2)15-7-11-5-3-4-6-14(11)18-15/h3-6,9,13,15-16H,7-8H2,1-2H3. The van der Waals surface area contributed by atoms with Crippen LogP contribution < -0.4 is 10.1 Å². The van der Waals surface area contributed by atoms with Gasteiger partial charge in [-0.2, -0.15) is 0 Å². The van der Waals surface area contributed by atoms with E-state index in [-0.39, 0.29) is 6.10 Å². The first kappa shape index (κ1) is 12.6. The van der Waals surface area contributed by atoms with Crippen LogP contribution in [0.1, 0.15) is 16.3 Å². The fourth-order valence-corrected chi connectivity index (χ4v) is 3.21. The third-order valence-electron chi connectivity index (χ3n) is 3.59. The quantitative estimate of drug-likeness (QED) is 0.930. The first-order chi connectivity index (χ1) is 9.26. The van der Waals surface area contributed by atoms with Crippen LogP contribution in [0.5, 0.6) is 5.75 Å². The minimum Gasteiger partial charge on any atom is -0.488 e. The monoisotopic (exact) mass is 274 g/mol. The highest BCUT2D eigenvalue weighted by Gasteiger charge is 2.29. The van der Waals surface area contributed by atoms with E-state index in [0.29, 0.717) is 6.04 Å². The van der Waals surface area contributed by atoms with E-state index >= 15 is 0 Å². The van der Waals surface area contributed by atoms with Crippen LogP contribution in [0.3, 0.4) is 0 Å². The molecule has 1 aliphatic rings. The predicted octanol–water partition coefficient (Wildman–Crippen LogP) is 2.59. The molecule has 1 aliphatic heterocycles. The number of para-hydroxylation sites is 1. The van der Waals surface area contributed by atoms with Gasteiger partial charge < -0.3 is 10.1 Å². The van der Waals surface area contributed by atoms with Crippen molar-refractivity contribution in [2.75, 3.05) is 7.05 Å². The van der Waals surface area contributed by atoms with Gasteiger partial charge in [0.1, 0.15) is 11.9 Å². The van der Waals surface area contributed by atoms with Crippen molar-refractivity contribution in [2.24, 2.45) is 0 Å². The highest BCUT2D eigenvalue weighted by atomic mass is 32.1. The molecule has 3 nitrogen and oxygen atoms in total. The summed E-state index contributed by atoms with van der Waals surface area (Å²) in [5, 5.41) is 6.64. The van der Waals surface area contributed by atoms with Gasteiger partial charge in [0.05, 0.1) is 10.7 Å². The van der Waals surface area contributed by atoms with Crippen LogP contribution in [0.2, 0.25) is 0 Å². The normalized spacial score (nSPS) is 18.9. The number of rotatable bonds is 4. The van der Waals surface area contributed by atoms with Gasteiger partial charge in [-0.3, -0.25) is 0 Å². The molecule has 4 heteroatoms. The molecule has 3 rings (SSSR count). The summed E-state index contributed by atoms with van der Waals surface area (Å²) >= 11 is 1.71. The van der Waals surface area contributed by atoms with Crippen LogP contribution in [0.4, 0.5) is 0 Å². The van der Waals surface area contributed by atoms with Crippen molar-refractivity contribution in [3.63, 3.8) is 0 Å². The van der Waals surface area contributed by atoms with Gasteiger partial charge in [-0.25, -0.2) is 4.98 Å². The Balaban J connectivity index is 1.71. The Kier molecular flexibility index (Phi) is 3.53.